The molecular weight excluding hydrogens is 1620 g/mol. The molecule has 0 saturated carbocycles. The number of likely N-dealkylation sites (tertiary alicyclic amines) is 4. The molecule has 3 aromatic rings. The zero-order chi connectivity index (χ0) is 90.4. The van der Waals surface area contributed by atoms with Crippen molar-refractivity contribution in [1.29, 1.82) is 0 Å². The van der Waals surface area contributed by atoms with Gasteiger partial charge in [0.1, 0.15) is 84.3 Å². The Morgan fingerprint density at radius 3 is 0.911 bits per heavy atom. The summed E-state index contributed by atoms with van der Waals surface area (Å²) < 4.78 is 0. The number of benzene rings is 3. The number of hydrogen-bond acceptors (Lipinski definition) is 22. The molecular formula is C82H112N20O22. The van der Waals surface area contributed by atoms with Crippen molar-refractivity contribution in [2.45, 2.75) is 245 Å². The standard InChI is InChI=1S/C82H112N20O22/c83-63(104)31-25-50(90-73(114)56(42-47-21-23-48(103)24-22-47)96-72(113)52(27-33-65(85)106)92-75(116)60-18-10-40-101(60)80(121)57(43-45-12-3-1-4-13-45)97-69(110)49-16-7-37-89-49)70(111)93-53(28-34-66(86)107)78(119)99-38-8-17-59(99)74(115)91-51(26-32-64(84)105)71(112)94-54(29-35-67(87)108)79(120)100-39-9-20-62(100)77(118)98-58(44-46-14-5-2-6-15-46)81(122)102-41-11-19-61(102)76(117)95-55(82(123)124)30-36-68(88)109/h1-6,12-15,21-24,49-62,89,103H,7-11,16-20,25-44H2,(H2,83,104)(H2,84,105)(H2,85,106)(H2,86,107)(H2,87,108)(H2,88,109)(H,90,114)(H,91,115)(H,92,116)(H,93,111)(H,94,112)(H,95,117)(H,96,113)(H,97,110)(H,98,118)(H,123,124)/t49-,50-,51-,52-,53-,54-,55-,56-,57-,58-,59-,60-,61-,62-/m0/s1. The molecule has 5 saturated heterocycles. The number of primary amides is 6. The number of hydrogen-bond donors (Lipinski definition) is 18. The zero-order valence-electron chi connectivity index (χ0n) is 68.7. The van der Waals surface area contributed by atoms with Crippen LogP contribution in [0.15, 0.2) is 84.9 Å². The van der Waals surface area contributed by atoms with E-state index in [1.165, 1.54) is 34.1 Å². The van der Waals surface area contributed by atoms with Gasteiger partial charge in [-0.25, -0.2) is 4.79 Å². The molecule has 0 bridgehead atoms. The Labute approximate surface area is 713 Å². The van der Waals surface area contributed by atoms with Crippen LogP contribution in [0.5, 0.6) is 5.75 Å². The minimum atomic E-state index is -1.82. The predicted octanol–water partition coefficient (Wildman–Crippen LogP) is -5.82. The molecule has 0 radical (unpaired) electrons. The fourth-order valence-corrected chi connectivity index (χ4v) is 15.8. The summed E-state index contributed by atoms with van der Waals surface area (Å²) in [5.74, 6) is -18.9. The third kappa shape index (κ3) is 28.7. The van der Waals surface area contributed by atoms with E-state index in [1.807, 2.05) is 0 Å². The van der Waals surface area contributed by atoms with E-state index in [9.17, 15) is 101 Å². The van der Waals surface area contributed by atoms with Crippen LogP contribution in [0.4, 0.5) is 0 Å². The predicted molar refractivity (Wildman–Crippen MR) is 438 cm³/mol. The number of rotatable bonds is 47. The van der Waals surface area contributed by atoms with E-state index in [1.54, 1.807) is 60.7 Å². The second kappa shape index (κ2) is 46.7. The van der Waals surface area contributed by atoms with Gasteiger partial charge in [-0.2, -0.15) is 0 Å². The largest absolute Gasteiger partial charge is 0.508 e. The molecule has 0 aliphatic carbocycles. The molecule has 14 atom stereocenters. The van der Waals surface area contributed by atoms with Gasteiger partial charge in [0.2, 0.25) is 112 Å². The Balaban J connectivity index is 0.975. The summed E-state index contributed by atoms with van der Waals surface area (Å²) in [6.45, 7) is 0.392. The molecule has 5 heterocycles. The maximum Gasteiger partial charge on any atom is 0.326 e. The molecule has 0 aromatic heterocycles. The molecule has 3 aromatic carbocycles. The molecule has 5 aliphatic rings. The van der Waals surface area contributed by atoms with E-state index in [2.05, 4.69) is 53.2 Å². The van der Waals surface area contributed by atoms with Gasteiger partial charge >= 0.3 is 5.97 Å². The first kappa shape index (κ1) is 96.3. The van der Waals surface area contributed by atoms with Crippen molar-refractivity contribution in [3.05, 3.63) is 102 Å². The van der Waals surface area contributed by atoms with E-state index < -0.39 is 273 Å². The molecule has 5 aliphatic heterocycles. The number of carbonyl (C=O) groups is 20. The van der Waals surface area contributed by atoms with Crippen molar-refractivity contribution >= 4 is 118 Å². The summed E-state index contributed by atoms with van der Waals surface area (Å²) in [6.07, 6.45) is -4.20. The lowest BCUT2D eigenvalue weighted by atomic mass is 10.0. The summed E-state index contributed by atoms with van der Waals surface area (Å²) >= 11 is 0. The van der Waals surface area contributed by atoms with Gasteiger partial charge in [-0.3, -0.25) is 91.1 Å². The second-order valence-corrected chi connectivity index (χ2v) is 31.6. The smallest absolute Gasteiger partial charge is 0.326 e. The van der Waals surface area contributed by atoms with Crippen LogP contribution in [-0.4, -0.2) is 265 Å². The molecule has 0 spiro atoms. The minimum Gasteiger partial charge on any atom is -0.508 e. The molecule has 24 N–H and O–H groups in total. The zero-order valence-corrected chi connectivity index (χ0v) is 68.7. The number of amides is 19. The van der Waals surface area contributed by atoms with E-state index in [4.69, 9.17) is 34.4 Å². The lowest BCUT2D eigenvalue weighted by Crippen LogP contribution is -2.61. The van der Waals surface area contributed by atoms with Crippen molar-refractivity contribution in [1.82, 2.24) is 72.8 Å². The average molecular weight is 1730 g/mol. The van der Waals surface area contributed by atoms with Crippen LogP contribution in [0.2, 0.25) is 0 Å². The molecule has 8 rings (SSSR count). The highest BCUT2D eigenvalue weighted by Crippen LogP contribution is 2.27. The number of carboxylic acids is 1. The highest BCUT2D eigenvalue weighted by atomic mass is 16.4. The van der Waals surface area contributed by atoms with Crippen molar-refractivity contribution < 1.29 is 106 Å². The number of aliphatic carboxylic acids is 1. The summed E-state index contributed by atoms with van der Waals surface area (Å²) in [4.78, 5) is 280. The highest BCUT2D eigenvalue weighted by molar-refractivity contribution is 6.01. The maximum absolute atomic E-state index is 15.0. The average Bonchev–Trinajstić information content (AvgIpc) is 1.64. The lowest BCUT2D eigenvalue weighted by Gasteiger charge is -2.33. The molecule has 42 heteroatoms. The van der Waals surface area contributed by atoms with Gasteiger partial charge in [0.15, 0.2) is 0 Å². The second-order valence-electron chi connectivity index (χ2n) is 31.6. The first-order chi connectivity index (χ1) is 59.0. The Morgan fingerprint density at radius 2 is 0.581 bits per heavy atom. The van der Waals surface area contributed by atoms with Gasteiger partial charge < -0.3 is 117 Å². The van der Waals surface area contributed by atoms with Crippen molar-refractivity contribution in [3.63, 3.8) is 0 Å². The minimum absolute atomic E-state index is 0.0123. The van der Waals surface area contributed by atoms with Crippen molar-refractivity contribution in [3.8, 4) is 5.75 Å². The van der Waals surface area contributed by atoms with Gasteiger partial charge in [-0.1, -0.05) is 72.8 Å². The van der Waals surface area contributed by atoms with Crippen LogP contribution in [0.25, 0.3) is 0 Å². The lowest BCUT2D eigenvalue weighted by molar-refractivity contribution is -0.146. The monoisotopic (exact) mass is 1730 g/mol. The van der Waals surface area contributed by atoms with Crippen LogP contribution < -0.4 is 87.6 Å². The van der Waals surface area contributed by atoms with Crippen LogP contribution in [0.3, 0.4) is 0 Å². The van der Waals surface area contributed by atoms with Crippen molar-refractivity contribution in [2.24, 2.45) is 34.4 Å². The molecule has 19 amide bonds. The van der Waals surface area contributed by atoms with Crippen LogP contribution in [0.1, 0.15) is 158 Å². The number of carbonyl (C=O) groups excluding carboxylic acids is 19. The van der Waals surface area contributed by atoms with E-state index in [0.717, 1.165) is 16.2 Å². The Morgan fingerprint density at radius 1 is 0.315 bits per heavy atom. The normalized spacial score (nSPS) is 19.4. The van der Waals surface area contributed by atoms with E-state index >= 15 is 4.79 Å². The third-order valence-electron chi connectivity index (χ3n) is 22.4. The molecule has 672 valence electrons. The maximum atomic E-state index is 15.0. The highest BCUT2D eigenvalue weighted by Gasteiger charge is 2.46. The molecule has 124 heavy (non-hydrogen) atoms. The first-order valence-corrected chi connectivity index (χ1v) is 41.5. The number of carboxylic acid groups (broad SMARTS) is 1. The number of nitrogens with two attached hydrogens (primary N) is 6. The summed E-state index contributed by atoms with van der Waals surface area (Å²) in [7, 11) is 0. The van der Waals surface area contributed by atoms with Crippen LogP contribution in [-0.2, 0) is 115 Å². The van der Waals surface area contributed by atoms with Gasteiger partial charge in [0.05, 0.1) is 6.04 Å². The Bertz CT molecular complexity index is 4400. The van der Waals surface area contributed by atoms with Crippen molar-refractivity contribution in [2.75, 3.05) is 32.7 Å². The fourth-order valence-electron chi connectivity index (χ4n) is 15.8. The van der Waals surface area contributed by atoms with Crippen LogP contribution >= 0.6 is 0 Å². The number of nitrogens with zero attached hydrogens (tertiary/aromatic N) is 4. The topological polar surface area (TPSA) is 671 Å². The van der Waals surface area contributed by atoms with Crippen LogP contribution in [0, 0.1) is 0 Å². The quantitative estimate of drug-likeness (QED) is 0.0250. The fraction of sp³-hybridized carbons (Fsp3) is 0.537. The number of phenolic OH excluding ortho intramolecular Hbond substituents is 1. The Hall–Kier alpha value is -13.2. The van der Waals surface area contributed by atoms with Gasteiger partial charge in [-0.05, 0) is 138 Å². The summed E-state index contributed by atoms with van der Waals surface area (Å²) in [6, 6.07) is 2.44. The SMILES string of the molecule is NC(=O)CC[C@H](NC(=O)[C@@H]1CCCN1C(=O)[C@H](Cc1ccccc1)NC(=O)[C@@H]1CCCN1C(=O)[C@H](CCC(N)=O)NC(=O)[C@H](CCC(N)=O)NC(=O)[C@@H]1CCCN1C(=O)[C@H](CCC(N)=O)NC(=O)[C@H](CCC(N)=O)NC(=O)[C@H](Cc1ccc(O)cc1)NC(=O)[C@H](CCC(N)=O)NC(=O)[C@@H]1CCCN1C(=O)[C@H](Cc1ccccc1)NC(=O)[C@@H]1CCCN1)C(=O)O. The van der Waals surface area contributed by atoms with E-state index in [-0.39, 0.29) is 96.1 Å². The van der Waals surface area contributed by atoms with Gasteiger partial charge in [-0.15, -0.1) is 0 Å². The third-order valence-corrected chi connectivity index (χ3v) is 22.4. The number of nitrogens with one attached hydrogen (secondary N) is 10. The number of aromatic hydroxyl groups is 1. The van der Waals surface area contributed by atoms with Gasteiger partial charge in [0.25, 0.3) is 0 Å². The molecule has 0 unspecified atom stereocenters. The first-order valence-electron chi connectivity index (χ1n) is 41.5. The molecule has 42 nitrogen and oxygen atoms in total. The summed E-state index contributed by atoms with van der Waals surface area (Å²) in [5, 5.41) is 46.4. The van der Waals surface area contributed by atoms with Gasteiger partial charge in [0, 0.05) is 84.0 Å². The molecule has 5 fully saturated rings. The summed E-state index contributed by atoms with van der Waals surface area (Å²) in [5.41, 5.74) is 34.7. The Kier molecular flexibility index (Phi) is 36.3. The number of phenols is 1. The van der Waals surface area contributed by atoms with E-state index in [0.29, 0.717) is 42.5 Å².